The van der Waals surface area contributed by atoms with Crippen LogP contribution in [-0.4, -0.2) is 17.0 Å². The number of carbonyl (C=O) groups is 1. The van der Waals surface area contributed by atoms with E-state index in [-0.39, 0.29) is 17.3 Å². The van der Waals surface area contributed by atoms with Crippen LogP contribution in [-0.2, 0) is 0 Å². The standard InChI is InChI=1S/C14H11FIN3O2/c15-12-5-4-10(7-11(12)13(17)19-21)18-14(20)8-2-1-3-9(16)6-8/h1-7,21H,(H2,17,19)(H,18,20). The first-order valence-corrected chi connectivity index (χ1v) is 6.93. The molecule has 1 amide bonds. The van der Waals surface area contributed by atoms with Gasteiger partial charge in [-0.2, -0.15) is 0 Å². The van der Waals surface area contributed by atoms with E-state index in [9.17, 15) is 9.18 Å². The zero-order valence-corrected chi connectivity index (χ0v) is 12.8. The number of hydrogen-bond acceptors (Lipinski definition) is 3. The molecule has 108 valence electrons. The van der Waals surface area contributed by atoms with Gasteiger partial charge >= 0.3 is 0 Å². The van der Waals surface area contributed by atoms with E-state index in [0.717, 1.165) is 9.64 Å². The molecule has 0 spiro atoms. The number of nitrogens with zero attached hydrogens (tertiary/aromatic N) is 1. The third kappa shape index (κ3) is 3.69. The molecule has 0 heterocycles. The van der Waals surface area contributed by atoms with Crippen LogP contribution in [0.25, 0.3) is 0 Å². The molecule has 0 bridgehead atoms. The fourth-order valence-electron chi connectivity index (χ4n) is 1.69. The Morgan fingerprint density at radius 3 is 2.71 bits per heavy atom. The summed E-state index contributed by atoms with van der Waals surface area (Å²) < 4.78 is 14.5. The van der Waals surface area contributed by atoms with E-state index in [1.165, 1.54) is 12.1 Å². The van der Waals surface area contributed by atoms with Gasteiger partial charge in [-0.3, -0.25) is 4.79 Å². The molecule has 0 aromatic heterocycles. The predicted octanol–water partition coefficient (Wildman–Crippen LogP) is 2.78. The molecule has 5 nitrogen and oxygen atoms in total. The molecule has 2 rings (SSSR count). The molecular weight excluding hydrogens is 388 g/mol. The second-order valence-electron chi connectivity index (χ2n) is 4.14. The van der Waals surface area contributed by atoms with Gasteiger partial charge in [0.25, 0.3) is 5.91 Å². The van der Waals surface area contributed by atoms with Gasteiger partial charge in [0.1, 0.15) is 5.82 Å². The lowest BCUT2D eigenvalue weighted by atomic mass is 10.1. The SMILES string of the molecule is NC(=NO)c1cc(NC(=O)c2cccc(I)c2)ccc1F. The summed E-state index contributed by atoms with van der Waals surface area (Å²) in [4.78, 5) is 12.1. The van der Waals surface area contributed by atoms with Gasteiger partial charge in [-0.1, -0.05) is 11.2 Å². The highest BCUT2D eigenvalue weighted by atomic mass is 127. The Labute approximate surface area is 133 Å². The van der Waals surface area contributed by atoms with E-state index in [2.05, 4.69) is 33.1 Å². The zero-order chi connectivity index (χ0) is 15.4. The van der Waals surface area contributed by atoms with Crippen LogP contribution in [0.1, 0.15) is 15.9 Å². The third-order valence-corrected chi connectivity index (χ3v) is 3.37. The molecule has 0 fully saturated rings. The number of halogens is 2. The van der Waals surface area contributed by atoms with E-state index >= 15 is 0 Å². The number of nitrogens with two attached hydrogens (primary N) is 1. The number of amides is 1. The Bertz CT molecular complexity index is 719. The normalized spacial score (nSPS) is 11.2. The Kier molecular flexibility index (Phi) is 4.73. The molecule has 7 heteroatoms. The van der Waals surface area contributed by atoms with Crippen molar-refractivity contribution in [2.75, 3.05) is 5.32 Å². The van der Waals surface area contributed by atoms with Crippen molar-refractivity contribution in [1.29, 1.82) is 0 Å². The van der Waals surface area contributed by atoms with Crippen molar-refractivity contribution in [3.05, 3.63) is 63.0 Å². The molecule has 0 unspecified atom stereocenters. The molecule has 2 aromatic carbocycles. The molecular formula is C14H11FIN3O2. The van der Waals surface area contributed by atoms with Gasteiger partial charge in [-0.25, -0.2) is 4.39 Å². The van der Waals surface area contributed by atoms with Crippen molar-refractivity contribution in [3.63, 3.8) is 0 Å². The Balaban J connectivity index is 2.26. The zero-order valence-electron chi connectivity index (χ0n) is 10.7. The van der Waals surface area contributed by atoms with Gasteiger partial charge in [-0.05, 0) is 59.0 Å². The van der Waals surface area contributed by atoms with Gasteiger partial charge in [0.15, 0.2) is 5.84 Å². The quantitative estimate of drug-likeness (QED) is 0.244. The van der Waals surface area contributed by atoms with Gasteiger partial charge in [0.05, 0.1) is 5.56 Å². The Hall–Kier alpha value is -2.16. The summed E-state index contributed by atoms with van der Waals surface area (Å²) in [5.41, 5.74) is 6.12. The number of hydrogen-bond donors (Lipinski definition) is 3. The number of benzene rings is 2. The van der Waals surface area contributed by atoms with Crippen molar-refractivity contribution in [1.82, 2.24) is 0 Å². The number of carbonyl (C=O) groups excluding carboxylic acids is 1. The highest BCUT2D eigenvalue weighted by Gasteiger charge is 2.11. The van der Waals surface area contributed by atoms with Crippen LogP contribution in [0.3, 0.4) is 0 Å². The molecule has 0 radical (unpaired) electrons. The van der Waals surface area contributed by atoms with Crippen LogP contribution in [0, 0.1) is 9.39 Å². The minimum Gasteiger partial charge on any atom is -0.409 e. The molecule has 2 aromatic rings. The predicted molar refractivity (Wildman–Crippen MR) is 86.0 cm³/mol. The second-order valence-corrected chi connectivity index (χ2v) is 5.39. The summed E-state index contributed by atoms with van der Waals surface area (Å²) in [7, 11) is 0. The number of rotatable bonds is 3. The van der Waals surface area contributed by atoms with Crippen LogP contribution in [0.2, 0.25) is 0 Å². The third-order valence-electron chi connectivity index (χ3n) is 2.69. The van der Waals surface area contributed by atoms with Crippen molar-refractivity contribution in [3.8, 4) is 0 Å². The maximum absolute atomic E-state index is 13.5. The van der Waals surface area contributed by atoms with Gasteiger partial charge in [-0.15, -0.1) is 0 Å². The summed E-state index contributed by atoms with van der Waals surface area (Å²) in [6, 6.07) is 10.9. The molecule has 0 saturated carbocycles. The van der Waals surface area contributed by atoms with Crippen LogP contribution in [0.4, 0.5) is 10.1 Å². The number of amidine groups is 1. The van der Waals surface area contributed by atoms with E-state index in [4.69, 9.17) is 10.9 Å². The highest BCUT2D eigenvalue weighted by Crippen LogP contribution is 2.16. The highest BCUT2D eigenvalue weighted by molar-refractivity contribution is 14.1. The summed E-state index contributed by atoms with van der Waals surface area (Å²) in [6.07, 6.45) is 0. The van der Waals surface area contributed by atoms with E-state index in [1.807, 2.05) is 6.07 Å². The lowest BCUT2D eigenvalue weighted by Crippen LogP contribution is -2.17. The summed E-state index contributed by atoms with van der Waals surface area (Å²) >= 11 is 2.10. The van der Waals surface area contributed by atoms with E-state index in [0.29, 0.717) is 11.3 Å². The molecule has 0 aliphatic heterocycles. The van der Waals surface area contributed by atoms with E-state index in [1.54, 1.807) is 18.2 Å². The van der Waals surface area contributed by atoms with Crippen LogP contribution in [0.15, 0.2) is 47.6 Å². The average molecular weight is 399 g/mol. The van der Waals surface area contributed by atoms with Crippen molar-refractivity contribution < 1.29 is 14.4 Å². The smallest absolute Gasteiger partial charge is 0.255 e. The average Bonchev–Trinajstić information content (AvgIpc) is 2.48. The lowest BCUT2D eigenvalue weighted by molar-refractivity contribution is 0.102. The first-order chi connectivity index (χ1) is 10.0. The first-order valence-electron chi connectivity index (χ1n) is 5.85. The molecule has 0 aliphatic carbocycles. The topological polar surface area (TPSA) is 87.7 Å². The molecule has 21 heavy (non-hydrogen) atoms. The summed E-state index contributed by atoms with van der Waals surface area (Å²) in [5.74, 6) is -1.33. The maximum Gasteiger partial charge on any atom is 0.255 e. The molecule has 0 atom stereocenters. The van der Waals surface area contributed by atoms with Crippen molar-refractivity contribution in [2.45, 2.75) is 0 Å². The minimum atomic E-state index is -0.641. The maximum atomic E-state index is 13.5. The molecule has 4 N–H and O–H groups in total. The van der Waals surface area contributed by atoms with Crippen LogP contribution in [0.5, 0.6) is 0 Å². The van der Waals surface area contributed by atoms with Crippen molar-refractivity contribution in [2.24, 2.45) is 10.9 Å². The Morgan fingerprint density at radius 1 is 1.29 bits per heavy atom. The molecule has 0 saturated heterocycles. The van der Waals surface area contributed by atoms with Gasteiger partial charge in [0.2, 0.25) is 0 Å². The van der Waals surface area contributed by atoms with Gasteiger partial charge < -0.3 is 16.3 Å². The number of oxime groups is 1. The van der Waals surface area contributed by atoms with Crippen LogP contribution >= 0.6 is 22.6 Å². The first kappa shape index (κ1) is 15.2. The Morgan fingerprint density at radius 2 is 2.05 bits per heavy atom. The van der Waals surface area contributed by atoms with Crippen LogP contribution < -0.4 is 11.1 Å². The summed E-state index contributed by atoms with van der Waals surface area (Å²) in [6.45, 7) is 0. The van der Waals surface area contributed by atoms with Crippen molar-refractivity contribution >= 4 is 40.0 Å². The number of nitrogens with one attached hydrogen (secondary N) is 1. The fourth-order valence-corrected chi connectivity index (χ4v) is 2.23. The molecule has 0 aliphatic rings. The van der Waals surface area contributed by atoms with E-state index < -0.39 is 5.82 Å². The monoisotopic (exact) mass is 399 g/mol. The fraction of sp³-hybridized carbons (Fsp3) is 0. The lowest BCUT2D eigenvalue weighted by Gasteiger charge is -2.08. The van der Waals surface area contributed by atoms with Gasteiger partial charge in [0, 0.05) is 14.8 Å². The number of anilines is 1. The summed E-state index contributed by atoms with van der Waals surface area (Å²) in [5, 5.41) is 14.0. The second kappa shape index (κ2) is 6.53. The minimum absolute atomic E-state index is 0.0852. The largest absolute Gasteiger partial charge is 0.409 e.